The van der Waals surface area contributed by atoms with Gasteiger partial charge in [-0.15, -0.1) is 0 Å². The molecule has 0 spiro atoms. The first kappa shape index (κ1) is 17.6. The summed E-state index contributed by atoms with van der Waals surface area (Å²) < 4.78 is 0. The Kier molecular flexibility index (Phi) is 6.82. The van der Waals surface area contributed by atoms with E-state index < -0.39 is 11.9 Å². The van der Waals surface area contributed by atoms with Gasteiger partial charge in [0, 0.05) is 26.3 Å². The maximum Gasteiger partial charge on any atom is 0.336 e. The topological polar surface area (TPSA) is 74.6 Å². The van der Waals surface area contributed by atoms with Crippen LogP contribution < -0.4 is 0 Å². The van der Waals surface area contributed by atoms with E-state index in [1.807, 2.05) is 0 Å². The molecule has 0 saturated heterocycles. The molecule has 0 unspecified atom stereocenters. The van der Waals surface area contributed by atoms with E-state index in [1.165, 1.54) is 33.7 Å². The van der Waals surface area contributed by atoms with E-state index in [0.29, 0.717) is 9.79 Å². The van der Waals surface area contributed by atoms with E-state index >= 15 is 0 Å². The van der Waals surface area contributed by atoms with Gasteiger partial charge in [0.15, 0.2) is 0 Å². The van der Waals surface area contributed by atoms with Crippen molar-refractivity contribution < 1.29 is 36.3 Å². The minimum absolute atomic E-state index is 0. The summed E-state index contributed by atoms with van der Waals surface area (Å²) in [7, 11) is 2.47. The third-order valence-corrected chi connectivity index (χ3v) is 4.94. The number of aromatic carboxylic acids is 2. The minimum atomic E-state index is -1.000. The zero-order valence-corrected chi connectivity index (χ0v) is 13.1. The van der Waals surface area contributed by atoms with Crippen molar-refractivity contribution in [2.75, 3.05) is 0 Å². The Hall–Kier alpha value is -1.43. The van der Waals surface area contributed by atoms with E-state index in [9.17, 15) is 9.59 Å². The quantitative estimate of drug-likeness (QED) is 0.619. The second-order valence-corrected chi connectivity index (χ2v) is 5.98. The van der Waals surface area contributed by atoms with Crippen LogP contribution in [0.25, 0.3) is 0 Å². The van der Waals surface area contributed by atoms with Crippen LogP contribution in [0.4, 0.5) is 0 Å². The van der Waals surface area contributed by atoms with Crippen molar-refractivity contribution in [2.45, 2.75) is 9.79 Å². The number of carboxylic acids is 2. The Labute approximate surface area is 139 Å². The molecule has 4 nitrogen and oxygen atoms in total. The second kappa shape index (κ2) is 8.12. The van der Waals surface area contributed by atoms with Crippen LogP contribution in [-0.2, 0) is 16.5 Å². The molecule has 2 aromatic rings. The van der Waals surface area contributed by atoms with Crippen LogP contribution in [0.15, 0.2) is 58.3 Å². The maximum absolute atomic E-state index is 11.1. The molecule has 0 aliphatic carbocycles. The summed E-state index contributed by atoms with van der Waals surface area (Å²) in [6, 6.07) is 13.3. The summed E-state index contributed by atoms with van der Waals surface area (Å²) >= 11 is 0. The second-order valence-electron chi connectivity index (χ2n) is 3.77. The fourth-order valence-electron chi connectivity index (χ4n) is 1.52. The minimum Gasteiger partial charge on any atom is -0.478 e. The molecule has 2 aromatic carbocycles. The fraction of sp³-hybridized carbons (Fsp3) is 0. The molecule has 0 aromatic heterocycles. The molecular weight excluding hydrogens is 355 g/mol. The van der Waals surface area contributed by atoms with Crippen LogP contribution in [0.3, 0.4) is 0 Å². The first-order valence-electron chi connectivity index (χ1n) is 5.59. The van der Waals surface area contributed by atoms with Crippen molar-refractivity contribution in [1.29, 1.82) is 0 Å². The molecule has 112 valence electrons. The van der Waals surface area contributed by atoms with Gasteiger partial charge in [-0.25, -0.2) is 9.59 Å². The molecule has 2 N–H and O–H groups in total. The van der Waals surface area contributed by atoms with Gasteiger partial charge in [0.2, 0.25) is 0 Å². The maximum atomic E-state index is 11.1. The summed E-state index contributed by atoms with van der Waals surface area (Å²) in [5, 5.41) is 18.2. The Morgan fingerprint density at radius 1 is 0.714 bits per heavy atom. The molecule has 21 heavy (non-hydrogen) atoms. The van der Waals surface area contributed by atoms with E-state index in [1.54, 1.807) is 36.4 Å². The van der Waals surface area contributed by atoms with E-state index in [-0.39, 0.29) is 27.6 Å². The Morgan fingerprint density at radius 2 is 1.05 bits per heavy atom. The SMILES string of the molecule is O=C(O)c1ccccc1SSc1ccccc1C(=O)O.[Ni]. The number of rotatable bonds is 5. The molecule has 0 saturated carbocycles. The molecule has 7 heteroatoms. The van der Waals surface area contributed by atoms with Gasteiger partial charge in [-0.3, -0.25) is 0 Å². The molecule has 0 fully saturated rings. The first-order chi connectivity index (χ1) is 9.59. The van der Waals surface area contributed by atoms with Gasteiger partial charge in [-0.2, -0.15) is 0 Å². The molecule has 0 aliphatic heterocycles. The molecule has 0 heterocycles. The summed E-state index contributed by atoms with van der Waals surface area (Å²) in [6.45, 7) is 0. The zero-order chi connectivity index (χ0) is 14.5. The van der Waals surface area contributed by atoms with Gasteiger partial charge in [-0.1, -0.05) is 45.9 Å². The Morgan fingerprint density at radius 3 is 1.38 bits per heavy atom. The number of carboxylic acid groups (broad SMARTS) is 2. The number of carbonyl (C=O) groups is 2. The van der Waals surface area contributed by atoms with Crippen molar-refractivity contribution in [3.63, 3.8) is 0 Å². The summed E-state index contributed by atoms with van der Waals surface area (Å²) in [5.74, 6) is -2.00. The molecular formula is C14H10NiO4S2. The van der Waals surface area contributed by atoms with Crippen LogP contribution in [0.1, 0.15) is 20.7 Å². The van der Waals surface area contributed by atoms with Gasteiger partial charge in [0.25, 0.3) is 0 Å². The monoisotopic (exact) mass is 364 g/mol. The molecule has 2 rings (SSSR count). The van der Waals surface area contributed by atoms with Gasteiger partial charge < -0.3 is 10.2 Å². The zero-order valence-electron chi connectivity index (χ0n) is 10.5. The number of benzene rings is 2. The van der Waals surface area contributed by atoms with E-state index in [2.05, 4.69) is 0 Å². The largest absolute Gasteiger partial charge is 0.478 e. The van der Waals surface area contributed by atoms with Crippen molar-refractivity contribution in [3.05, 3.63) is 59.7 Å². The van der Waals surface area contributed by atoms with Crippen molar-refractivity contribution in [2.24, 2.45) is 0 Å². The van der Waals surface area contributed by atoms with Gasteiger partial charge >= 0.3 is 11.9 Å². The van der Waals surface area contributed by atoms with Crippen LogP contribution in [0.2, 0.25) is 0 Å². The van der Waals surface area contributed by atoms with Crippen LogP contribution >= 0.6 is 21.6 Å². The molecule has 0 radical (unpaired) electrons. The normalized spacial score (nSPS) is 9.71. The third kappa shape index (κ3) is 4.53. The van der Waals surface area contributed by atoms with E-state index in [0.717, 1.165) is 0 Å². The predicted octanol–water partition coefficient (Wildman–Crippen LogP) is 3.88. The van der Waals surface area contributed by atoms with Crippen LogP contribution in [0, 0.1) is 0 Å². The van der Waals surface area contributed by atoms with Gasteiger partial charge in [-0.05, 0) is 24.3 Å². The van der Waals surface area contributed by atoms with Crippen LogP contribution in [-0.4, -0.2) is 22.2 Å². The van der Waals surface area contributed by atoms with Crippen molar-refractivity contribution in [3.8, 4) is 0 Å². The molecule has 0 amide bonds. The molecule has 0 aliphatic rings. The third-order valence-electron chi connectivity index (χ3n) is 2.46. The number of hydrogen-bond acceptors (Lipinski definition) is 4. The van der Waals surface area contributed by atoms with Crippen molar-refractivity contribution >= 4 is 33.5 Å². The predicted molar refractivity (Wildman–Crippen MR) is 78.5 cm³/mol. The Bertz CT molecular complexity index is 603. The average molecular weight is 365 g/mol. The van der Waals surface area contributed by atoms with Gasteiger partial charge in [0.1, 0.15) is 0 Å². The molecule has 0 bridgehead atoms. The average Bonchev–Trinajstić information content (AvgIpc) is 2.45. The van der Waals surface area contributed by atoms with E-state index in [4.69, 9.17) is 10.2 Å². The van der Waals surface area contributed by atoms with Crippen LogP contribution in [0.5, 0.6) is 0 Å². The molecule has 0 atom stereocenters. The number of hydrogen-bond donors (Lipinski definition) is 2. The van der Waals surface area contributed by atoms with Gasteiger partial charge in [0.05, 0.1) is 11.1 Å². The summed E-state index contributed by atoms with van der Waals surface area (Å²) in [4.78, 5) is 23.4. The first-order valence-corrected chi connectivity index (χ1v) is 7.73. The smallest absolute Gasteiger partial charge is 0.336 e. The van der Waals surface area contributed by atoms with Crippen molar-refractivity contribution in [1.82, 2.24) is 0 Å². The fourth-order valence-corrected chi connectivity index (χ4v) is 3.87. The standard InChI is InChI=1S/C14H10O4S2.Ni/c15-13(16)9-5-1-3-7-11(9)19-20-12-8-4-2-6-10(12)14(17)18;/h1-8H,(H,15,16)(H,17,18);. The summed E-state index contributed by atoms with van der Waals surface area (Å²) in [5.41, 5.74) is 0.413. The summed E-state index contributed by atoms with van der Waals surface area (Å²) in [6.07, 6.45) is 0. The Balaban J connectivity index is 0.00000220.